The van der Waals surface area contributed by atoms with Crippen molar-refractivity contribution in [3.63, 3.8) is 0 Å². The molecule has 1 aromatic heterocycles. The number of hydrogen-bond donors (Lipinski definition) is 2. The number of aromatic nitrogens is 1. The molecule has 0 saturated heterocycles. The van der Waals surface area contributed by atoms with Crippen LogP contribution in [0.25, 0.3) is 6.08 Å². The molecule has 10 heteroatoms. The van der Waals surface area contributed by atoms with E-state index in [-0.39, 0.29) is 23.6 Å². The van der Waals surface area contributed by atoms with E-state index in [4.69, 9.17) is 11.6 Å². The van der Waals surface area contributed by atoms with Crippen molar-refractivity contribution in [2.45, 2.75) is 17.9 Å². The Hall–Kier alpha value is -2.23. The summed E-state index contributed by atoms with van der Waals surface area (Å²) in [5.74, 6) is -3.04. The van der Waals surface area contributed by atoms with Crippen LogP contribution < -0.4 is 5.32 Å². The number of anilines is 1. The van der Waals surface area contributed by atoms with Crippen LogP contribution in [-0.2, 0) is 16.7 Å². The van der Waals surface area contributed by atoms with Crippen LogP contribution in [-0.4, -0.2) is 23.4 Å². The largest absolute Gasteiger partial charge is 0.334 e. The standard InChI is InChI=1S/C15H11ClF2N2O4S/c16-12-13(15(21)19-8-4-5-9(17)10(18)7-8)20-6-2-1-3-11(20)14(12)25(22,23)24/h1,3-5,7H,2,6H2,(H,19,21)(H,22,23,24). The molecule has 0 unspecified atom stereocenters. The third-order valence-electron chi connectivity index (χ3n) is 3.65. The van der Waals surface area contributed by atoms with E-state index < -0.39 is 37.6 Å². The van der Waals surface area contributed by atoms with Gasteiger partial charge in [0.1, 0.15) is 10.6 Å². The maximum Gasteiger partial charge on any atom is 0.298 e. The fraction of sp³-hybridized carbons (Fsp3) is 0.133. The van der Waals surface area contributed by atoms with Gasteiger partial charge >= 0.3 is 0 Å². The van der Waals surface area contributed by atoms with E-state index in [1.165, 1.54) is 10.6 Å². The van der Waals surface area contributed by atoms with Crippen LogP contribution >= 0.6 is 11.6 Å². The van der Waals surface area contributed by atoms with Gasteiger partial charge in [0.05, 0.1) is 10.7 Å². The van der Waals surface area contributed by atoms with Crippen molar-refractivity contribution < 1.29 is 26.5 Å². The highest BCUT2D eigenvalue weighted by Gasteiger charge is 2.32. The number of hydrogen-bond acceptors (Lipinski definition) is 3. The van der Waals surface area contributed by atoms with Gasteiger partial charge in [-0.2, -0.15) is 8.42 Å². The predicted molar refractivity (Wildman–Crippen MR) is 87.2 cm³/mol. The van der Waals surface area contributed by atoms with Crippen LogP contribution in [0.3, 0.4) is 0 Å². The Kier molecular flexibility index (Phi) is 4.40. The Bertz CT molecular complexity index is 1020. The van der Waals surface area contributed by atoms with Gasteiger partial charge in [0.25, 0.3) is 16.0 Å². The number of rotatable bonds is 3. The molecule has 2 N–H and O–H groups in total. The number of nitrogens with one attached hydrogen (secondary N) is 1. The number of amides is 1. The molecule has 6 nitrogen and oxygen atoms in total. The molecule has 132 valence electrons. The minimum absolute atomic E-state index is 0.0322. The molecular weight excluding hydrogens is 378 g/mol. The molecule has 0 bridgehead atoms. The summed E-state index contributed by atoms with van der Waals surface area (Å²) in [4.78, 5) is 11.9. The Labute approximate surface area is 146 Å². The maximum atomic E-state index is 13.3. The Morgan fingerprint density at radius 1 is 1.28 bits per heavy atom. The highest BCUT2D eigenvalue weighted by molar-refractivity contribution is 7.86. The zero-order chi connectivity index (χ0) is 18.4. The molecule has 3 rings (SSSR count). The van der Waals surface area contributed by atoms with Crippen LogP contribution in [0.15, 0.2) is 29.2 Å². The second-order valence-corrected chi connectivity index (χ2v) is 7.01. The lowest BCUT2D eigenvalue weighted by Crippen LogP contribution is -2.19. The molecule has 1 aliphatic rings. The second kappa shape index (κ2) is 6.25. The minimum Gasteiger partial charge on any atom is -0.334 e. The molecule has 0 atom stereocenters. The first-order valence-electron chi connectivity index (χ1n) is 7.02. The van der Waals surface area contributed by atoms with Gasteiger partial charge in [-0.05, 0) is 24.6 Å². The van der Waals surface area contributed by atoms with E-state index in [1.807, 2.05) is 0 Å². The first-order chi connectivity index (χ1) is 11.7. The van der Waals surface area contributed by atoms with Crippen molar-refractivity contribution in [1.82, 2.24) is 4.57 Å². The van der Waals surface area contributed by atoms with Crippen molar-refractivity contribution in [2.24, 2.45) is 0 Å². The van der Waals surface area contributed by atoms with Gasteiger partial charge in [-0.1, -0.05) is 17.7 Å². The summed E-state index contributed by atoms with van der Waals surface area (Å²) >= 11 is 6.03. The first-order valence-corrected chi connectivity index (χ1v) is 8.84. The monoisotopic (exact) mass is 388 g/mol. The molecule has 2 heterocycles. The van der Waals surface area contributed by atoms with Gasteiger partial charge in [-0.15, -0.1) is 0 Å². The molecule has 1 aromatic carbocycles. The third kappa shape index (κ3) is 3.17. The van der Waals surface area contributed by atoms with Crippen LogP contribution in [0.1, 0.15) is 22.6 Å². The molecule has 2 aromatic rings. The van der Waals surface area contributed by atoms with Gasteiger partial charge in [-0.3, -0.25) is 9.35 Å². The summed E-state index contributed by atoms with van der Waals surface area (Å²) < 4.78 is 60.2. The number of benzene rings is 1. The van der Waals surface area contributed by atoms with Crippen molar-refractivity contribution in [3.05, 3.63) is 52.3 Å². The number of allylic oxidation sites excluding steroid dienone is 1. The van der Waals surface area contributed by atoms with Gasteiger partial charge in [0.15, 0.2) is 11.6 Å². The minimum atomic E-state index is -4.67. The molecule has 0 fully saturated rings. The lowest BCUT2D eigenvalue weighted by atomic mass is 10.2. The summed E-state index contributed by atoms with van der Waals surface area (Å²) in [6.45, 7) is 0.265. The van der Waals surface area contributed by atoms with E-state index in [0.717, 1.165) is 18.2 Å². The quantitative estimate of drug-likeness (QED) is 0.789. The normalized spacial score (nSPS) is 13.6. The van der Waals surface area contributed by atoms with Gasteiger partial charge in [0.2, 0.25) is 0 Å². The molecule has 0 radical (unpaired) electrons. The van der Waals surface area contributed by atoms with Crippen LogP contribution in [0, 0.1) is 11.6 Å². The van der Waals surface area contributed by atoms with Crippen molar-refractivity contribution >= 4 is 39.4 Å². The highest BCUT2D eigenvalue weighted by atomic mass is 35.5. The molecule has 0 aliphatic carbocycles. The summed E-state index contributed by atoms with van der Waals surface area (Å²) in [6, 6.07) is 2.77. The van der Waals surface area contributed by atoms with E-state index in [2.05, 4.69) is 5.32 Å². The Morgan fingerprint density at radius 3 is 2.64 bits per heavy atom. The highest BCUT2D eigenvalue weighted by Crippen LogP contribution is 2.35. The van der Waals surface area contributed by atoms with Gasteiger partial charge in [-0.25, -0.2) is 8.78 Å². The molecule has 0 spiro atoms. The van der Waals surface area contributed by atoms with Gasteiger partial charge < -0.3 is 9.88 Å². The van der Waals surface area contributed by atoms with E-state index in [1.54, 1.807) is 6.08 Å². The Morgan fingerprint density at radius 2 is 2.00 bits per heavy atom. The number of nitrogens with zero attached hydrogens (tertiary/aromatic N) is 1. The average molecular weight is 389 g/mol. The van der Waals surface area contributed by atoms with Crippen LogP contribution in [0.5, 0.6) is 0 Å². The van der Waals surface area contributed by atoms with Crippen molar-refractivity contribution in [2.75, 3.05) is 5.32 Å². The summed E-state index contributed by atoms with van der Waals surface area (Å²) in [5.41, 5.74) is -0.150. The zero-order valence-corrected chi connectivity index (χ0v) is 14.0. The number of halogens is 3. The predicted octanol–water partition coefficient (Wildman–Crippen LogP) is 3.34. The lowest BCUT2D eigenvalue weighted by molar-refractivity contribution is 0.101. The fourth-order valence-electron chi connectivity index (χ4n) is 2.61. The molecule has 0 saturated carbocycles. The smallest absolute Gasteiger partial charge is 0.298 e. The van der Waals surface area contributed by atoms with Crippen LogP contribution in [0.4, 0.5) is 14.5 Å². The summed E-state index contributed by atoms with van der Waals surface area (Å²) in [5, 5.41) is 1.89. The third-order valence-corrected chi connectivity index (χ3v) is 5.06. The molecular formula is C15H11ClF2N2O4S. The van der Waals surface area contributed by atoms with E-state index in [9.17, 15) is 26.5 Å². The van der Waals surface area contributed by atoms with E-state index >= 15 is 0 Å². The zero-order valence-electron chi connectivity index (χ0n) is 12.5. The lowest BCUT2D eigenvalue weighted by Gasteiger charge is -2.14. The van der Waals surface area contributed by atoms with Crippen molar-refractivity contribution in [1.29, 1.82) is 0 Å². The summed E-state index contributed by atoms with van der Waals surface area (Å²) in [6.07, 6.45) is 3.64. The number of fused-ring (bicyclic) bond motifs is 1. The maximum absolute atomic E-state index is 13.3. The second-order valence-electron chi connectivity index (χ2n) is 5.28. The van der Waals surface area contributed by atoms with E-state index in [0.29, 0.717) is 6.42 Å². The molecule has 1 amide bonds. The van der Waals surface area contributed by atoms with Crippen molar-refractivity contribution in [3.8, 4) is 0 Å². The Balaban J connectivity index is 2.08. The molecule has 1 aliphatic heterocycles. The average Bonchev–Trinajstić information content (AvgIpc) is 2.82. The van der Waals surface area contributed by atoms with Crippen LogP contribution in [0.2, 0.25) is 5.02 Å². The topological polar surface area (TPSA) is 88.4 Å². The number of carbonyl (C=O) groups is 1. The molecule has 25 heavy (non-hydrogen) atoms. The van der Waals surface area contributed by atoms with Gasteiger partial charge in [0, 0.05) is 18.3 Å². The fourth-order valence-corrected chi connectivity index (χ4v) is 3.95. The summed E-state index contributed by atoms with van der Waals surface area (Å²) in [7, 11) is -4.67. The SMILES string of the molecule is O=C(Nc1ccc(F)c(F)c1)c1c(Cl)c(S(=O)(=O)O)c2n1CCC=C2. The number of carbonyl (C=O) groups excluding carboxylic acids is 1. The first kappa shape index (κ1) is 17.6.